The molecule has 0 saturated heterocycles. The zero-order valence-corrected chi connectivity index (χ0v) is 9.64. The van der Waals surface area contributed by atoms with Crippen molar-refractivity contribution in [3.63, 3.8) is 0 Å². The van der Waals surface area contributed by atoms with E-state index in [0.717, 1.165) is 18.5 Å². The Morgan fingerprint density at radius 3 is 2.81 bits per heavy atom. The Morgan fingerprint density at radius 1 is 1.44 bits per heavy atom. The zero-order chi connectivity index (χ0) is 11.5. The molecule has 88 valence electrons. The SMILES string of the molecule is CCOc1cc(C)nc(OC2CC(N)C2)n1. The summed E-state index contributed by atoms with van der Waals surface area (Å²) in [5.74, 6) is 0.564. The summed E-state index contributed by atoms with van der Waals surface area (Å²) in [6.07, 6.45) is 1.91. The molecule has 1 saturated carbocycles. The van der Waals surface area contributed by atoms with E-state index in [1.807, 2.05) is 13.8 Å². The van der Waals surface area contributed by atoms with Crippen LogP contribution < -0.4 is 15.2 Å². The molecule has 0 aliphatic heterocycles. The molecule has 0 bridgehead atoms. The van der Waals surface area contributed by atoms with Gasteiger partial charge in [-0.1, -0.05) is 0 Å². The van der Waals surface area contributed by atoms with Gasteiger partial charge >= 0.3 is 6.01 Å². The second-order valence-corrected chi connectivity index (χ2v) is 4.03. The van der Waals surface area contributed by atoms with Crippen LogP contribution in [0.2, 0.25) is 0 Å². The largest absolute Gasteiger partial charge is 0.478 e. The summed E-state index contributed by atoms with van der Waals surface area (Å²) in [6, 6.07) is 2.45. The first kappa shape index (κ1) is 11.1. The van der Waals surface area contributed by atoms with Crippen LogP contribution in [-0.4, -0.2) is 28.7 Å². The van der Waals surface area contributed by atoms with Crippen molar-refractivity contribution in [1.82, 2.24) is 9.97 Å². The summed E-state index contributed by atoms with van der Waals surface area (Å²) in [5, 5.41) is 0. The number of ether oxygens (including phenoxy) is 2. The summed E-state index contributed by atoms with van der Waals surface area (Å²) in [6.45, 7) is 4.40. The van der Waals surface area contributed by atoms with E-state index in [1.54, 1.807) is 6.07 Å². The molecule has 2 rings (SSSR count). The highest BCUT2D eigenvalue weighted by molar-refractivity contribution is 5.17. The van der Waals surface area contributed by atoms with Gasteiger partial charge in [-0.15, -0.1) is 0 Å². The highest BCUT2D eigenvalue weighted by Gasteiger charge is 2.28. The third-order valence-corrected chi connectivity index (χ3v) is 2.51. The molecule has 0 amide bonds. The zero-order valence-electron chi connectivity index (χ0n) is 9.64. The van der Waals surface area contributed by atoms with E-state index >= 15 is 0 Å². The van der Waals surface area contributed by atoms with Crippen LogP contribution in [0.1, 0.15) is 25.5 Å². The Morgan fingerprint density at radius 2 is 2.19 bits per heavy atom. The molecular weight excluding hydrogens is 206 g/mol. The Bertz CT molecular complexity index is 364. The third-order valence-electron chi connectivity index (χ3n) is 2.51. The number of aromatic nitrogens is 2. The molecule has 0 spiro atoms. The van der Waals surface area contributed by atoms with Crippen molar-refractivity contribution in [1.29, 1.82) is 0 Å². The first-order valence-electron chi connectivity index (χ1n) is 5.58. The fourth-order valence-corrected chi connectivity index (χ4v) is 1.64. The topological polar surface area (TPSA) is 70.3 Å². The van der Waals surface area contributed by atoms with Gasteiger partial charge in [0.25, 0.3) is 0 Å². The van der Waals surface area contributed by atoms with E-state index in [1.165, 1.54) is 0 Å². The molecule has 1 heterocycles. The second kappa shape index (κ2) is 4.65. The van der Waals surface area contributed by atoms with Gasteiger partial charge in [-0.2, -0.15) is 4.98 Å². The molecule has 1 aliphatic rings. The predicted octanol–water partition coefficient (Wildman–Crippen LogP) is 1.05. The van der Waals surface area contributed by atoms with E-state index in [9.17, 15) is 0 Å². The van der Waals surface area contributed by atoms with Gasteiger partial charge in [-0.3, -0.25) is 0 Å². The number of nitrogens with zero attached hydrogens (tertiary/aromatic N) is 2. The number of rotatable bonds is 4. The summed E-state index contributed by atoms with van der Waals surface area (Å²) >= 11 is 0. The van der Waals surface area contributed by atoms with Gasteiger partial charge in [-0.25, -0.2) is 4.98 Å². The van der Waals surface area contributed by atoms with Crippen molar-refractivity contribution in [2.45, 2.75) is 38.8 Å². The lowest BCUT2D eigenvalue weighted by Crippen LogP contribution is -2.43. The van der Waals surface area contributed by atoms with Crippen molar-refractivity contribution in [3.05, 3.63) is 11.8 Å². The minimum atomic E-state index is 0.159. The first-order valence-corrected chi connectivity index (χ1v) is 5.58. The van der Waals surface area contributed by atoms with Crippen LogP contribution in [-0.2, 0) is 0 Å². The fourth-order valence-electron chi connectivity index (χ4n) is 1.64. The van der Waals surface area contributed by atoms with E-state index in [-0.39, 0.29) is 12.1 Å². The van der Waals surface area contributed by atoms with Crippen LogP contribution in [0.25, 0.3) is 0 Å². The normalized spacial score (nSPS) is 23.7. The quantitative estimate of drug-likeness (QED) is 0.826. The summed E-state index contributed by atoms with van der Waals surface area (Å²) in [7, 11) is 0. The third kappa shape index (κ3) is 2.61. The van der Waals surface area contributed by atoms with Crippen molar-refractivity contribution in [2.24, 2.45) is 5.73 Å². The maximum atomic E-state index is 5.68. The summed E-state index contributed by atoms with van der Waals surface area (Å²) in [5.41, 5.74) is 6.53. The molecule has 0 atom stereocenters. The Kier molecular flexibility index (Phi) is 3.24. The van der Waals surface area contributed by atoms with E-state index in [4.69, 9.17) is 15.2 Å². The van der Waals surface area contributed by atoms with Crippen LogP contribution in [0.5, 0.6) is 11.9 Å². The van der Waals surface area contributed by atoms with Gasteiger partial charge in [0.2, 0.25) is 5.88 Å². The van der Waals surface area contributed by atoms with Crippen molar-refractivity contribution in [3.8, 4) is 11.9 Å². The molecular formula is C11H17N3O2. The molecule has 0 aromatic carbocycles. The first-order chi connectivity index (χ1) is 7.67. The number of hydrogen-bond acceptors (Lipinski definition) is 5. The van der Waals surface area contributed by atoms with Gasteiger partial charge in [-0.05, 0) is 26.7 Å². The monoisotopic (exact) mass is 223 g/mol. The number of nitrogens with two attached hydrogens (primary N) is 1. The molecule has 2 N–H and O–H groups in total. The lowest BCUT2D eigenvalue weighted by molar-refractivity contribution is 0.0891. The van der Waals surface area contributed by atoms with E-state index < -0.39 is 0 Å². The molecule has 0 unspecified atom stereocenters. The van der Waals surface area contributed by atoms with Gasteiger partial charge < -0.3 is 15.2 Å². The molecule has 16 heavy (non-hydrogen) atoms. The van der Waals surface area contributed by atoms with Crippen LogP contribution in [0.3, 0.4) is 0 Å². The molecule has 5 heteroatoms. The van der Waals surface area contributed by atoms with Gasteiger partial charge in [0.1, 0.15) is 6.10 Å². The average molecular weight is 223 g/mol. The highest BCUT2D eigenvalue weighted by atomic mass is 16.5. The maximum Gasteiger partial charge on any atom is 0.320 e. The smallest absolute Gasteiger partial charge is 0.320 e. The fraction of sp³-hybridized carbons (Fsp3) is 0.636. The molecule has 1 aromatic heterocycles. The molecule has 1 aromatic rings. The standard InChI is InChI=1S/C11H17N3O2/c1-3-15-10-4-7(2)13-11(14-10)16-9-5-8(12)6-9/h4,8-9H,3,5-6,12H2,1-2H3. The van der Waals surface area contributed by atoms with Crippen LogP contribution in [0.4, 0.5) is 0 Å². The Balaban J connectivity index is 2.02. The average Bonchev–Trinajstić information content (AvgIpc) is 2.15. The van der Waals surface area contributed by atoms with Crippen molar-refractivity contribution in [2.75, 3.05) is 6.61 Å². The van der Waals surface area contributed by atoms with Crippen LogP contribution >= 0.6 is 0 Å². The Labute approximate surface area is 95.0 Å². The minimum Gasteiger partial charge on any atom is -0.478 e. The van der Waals surface area contributed by atoms with Crippen LogP contribution in [0, 0.1) is 6.92 Å². The van der Waals surface area contributed by atoms with Gasteiger partial charge in [0.15, 0.2) is 0 Å². The number of hydrogen-bond donors (Lipinski definition) is 1. The van der Waals surface area contributed by atoms with Gasteiger partial charge in [0, 0.05) is 17.8 Å². The van der Waals surface area contributed by atoms with Crippen molar-refractivity contribution < 1.29 is 9.47 Å². The number of aryl methyl sites for hydroxylation is 1. The van der Waals surface area contributed by atoms with E-state index in [2.05, 4.69) is 9.97 Å². The van der Waals surface area contributed by atoms with Gasteiger partial charge in [0.05, 0.1) is 6.61 Å². The highest BCUT2D eigenvalue weighted by Crippen LogP contribution is 2.23. The van der Waals surface area contributed by atoms with Crippen LogP contribution in [0.15, 0.2) is 6.07 Å². The lowest BCUT2D eigenvalue weighted by Gasteiger charge is -2.31. The summed E-state index contributed by atoms with van der Waals surface area (Å²) < 4.78 is 10.9. The van der Waals surface area contributed by atoms with Crippen molar-refractivity contribution >= 4 is 0 Å². The molecule has 0 radical (unpaired) electrons. The summed E-state index contributed by atoms with van der Waals surface area (Å²) in [4.78, 5) is 8.38. The molecule has 1 fully saturated rings. The Hall–Kier alpha value is -1.36. The molecule has 5 nitrogen and oxygen atoms in total. The maximum absolute atomic E-state index is 5.68. The predicted molar refractivity (Wildman–Crippen MR) is 59.6 cm³/mol. The molecule has 1 aliphatic carbocycles. The van der Waals surface area contributed by atoms with E-state index in [0.29, 0.717) is 18.5 Å². The second-order valence-electron chi connectivity index (χ2n) is 4.03. The lowest BCUT2D eigenvalue weighted by atomic mass is 9.90. The minimum absolute atomic E-state index is 0.159.